The van der Waals surface area contributed by atoms with Crippen LogP contribution in [0.2, 0.25) is 0 Å². The van der Waals surface area contributed by atoms with Gasteiger partial charge >= 0.3 is 0 Å². The van der Waals surface area contributed by atoms with Gasteiger partial charge in [0.25, 0.3) is 5.56 Å². The van der Waals surface area contributed by atoms with Crippen LogP contribution in [0.4, 0.5) is 0 Å². The zero-order valence-electron chi connectivity index (χ0n) is 10.6. The van der Waals surface area contributed by atoms with Crippen LogP contribution in [0, 0.1) is 6.92 Å². The van der Waals surface area contributed by atoms with Crippen LogP contribution in [0.15, 0.2) is 21.5 Å². The van der Waals surface area contributed by atoms with Gasteiger partial charge in [0.1, 0.15) is 6.54 Å². The van der Waals surface area contributed by atoms with Crippen LogP contribution >= 0.6 is 15.9 Å². The van der Waals surface area contributed by atoms with Crippen molar-refractivity contribution in [1.82, 2.24) is 9.47 Å². The van der Waals surface area contributed by atoms with Crippen LogP contribution < -0.4 is 5.56 Å². The number of aromatic nitrogens is 1. The molecule has 0 aromatic carbocycles. The Labute approximate surface area is 115 Å². The van der Waals surface area contributed by atoms with E-state index in [1.165, 1.54) is 4.57 Å². The Kier molecular flexibility index (Phi) is 3.90. The Hall–Kier alpha value is -1.10. The number of nitrogens with zero attached hydrogens (tertiary/aromatic N) is 2. The van der Waals surface area contributed by atoms with Crippen LogP contribution in [-0.4, -0.2) is 28.0 Å². The summed E-state index contributed by atoms with van der Waals surface area (Å²) in [6.07, 6.45) is 3.85. The fourth-order valence-electron chi connectivity index (χ4n) is 2.12. The van der Waals surface area contributed by atoms with Crippen LogP contribution in [0.25, 0.3) is 0 Å². The van der Waals surface area contributed by atoms with Gasteiger partial charge in [-0.25, -0.2) is 0 Å². The molecule has 1 aromatic rings. The molecule has 0 N–H and O–H groups in total. The number of hydrogen-bond donors (Lipinski definition) is 0. The number of amides is 1. The molecule has 0 radical (unpaired) electrons. The van der Waals surface area contributed by atoms with Crippen molar-refractivity contribution in [2.24, 2.45) is 0 Å². The monoisotopic (exact) mass is 312 g/mol. The SMILES string of the molecule is CCN(C(=O)Cn1cc(Br)cc(C)c1=O)C1CC1. The molecule has 1 saturated carbocycles. The molecule has 0 spiro atoms. The number of carbonyl (C=O) groups is 1. The molecule has 0 aliphatic heterocycles. The van der Waals surface area contributed by atoms with Crippen molar-refractivity contribution in [3.05, 3.63) is 32.7 Å². The first-order chi connectivity index (χ1) is 8.52. The largest absolute Gasteiger partial charge is 0.338 e. The molecule has 1 amide bonds. The van der Waals surface area contributed by atoms with E-state index in [0.717, 1.165) is 17.3 Å². The highest BCUT2D eigenvalue weighted by Gasteiger charge is 2.31. The van der Waals surface area contributed by atoms with E-state index in [0.29, 0.717) is 18.2 Å². The second-order valence-corrected chi connectivity index (χ2v) is 5.60. The number of halogens is 1. The number of carbonyl (C=O) groups excluding carboxylic acids is 1. The van der Waals surface area contributed by atoms with E-state index in [-0.39, 0.29) is 18.0 Å². The van der Waals surface area contributed by atoms with Crippen molar-refractivity contribution in [2.45, 2.75) is 39.3 Å². The molecule has 0 saturated heterocycles. The molecular formula is C13H17BrN2O2. The lowest BCUT2D eigenvalue weighted by molar-refractivity contribution is -0.132. The zero-order valence-corrected chi connectivity index (χ0v) is 12.2. The summed E-state index contributed by atoms with van der Waals surface area (Å²) in [6.45, 7) is 4.58. The molecule has 0 atom stereocenters. The summed E-state index contributed by atoms with van der Waals surface area (Å²) < 4.78 is 2.30. The maximum absolute atomic E-state index is 12.2. The molecule has 2 rings (SSSR count). The molecular weight excluding hydrogens is 296 g/mol. The molecule has 4 nitrogen and oxygen atoms in total. The summed E-state index contributed by atoms with van der Waals surface area (Å²) in [5.74, 6) is 0.0274. The van der Waals surface area contributed by atoms with Crippen LogP contribution in [0.1, 0.15) is 25.3 Å². The van der Waals surface area contributed by atoms with Crippen LogP contribution in [0.5, 0.6) is 0 Å². The number of pyridine rings is 1. The first-order valence-corrected chi connectivity index (χ1v) is 6.98. The van der Waals surface area contributed by atoms with Gasteiger partial charge in [0.2, 0.25) is 5.91 Å². The van der Waals surface area contributed by atoms with Gasteiger partial charge in [0, 0.05) is 28.8 Å². The van der Waals surface area contributed by atoms with Gasteiger partial charge in [-0.2, -0.15) is 0 Å². The lowest BCUT2D eigenvalue weighted by Gasteiger charge is -2.21. The third kappa shape index (κ3) is 2.83. The van der Waals surface area contributed by atoms with Gasteiger partial charge in [-0.05, 0) is 48.7 Å². The standard InChI is InChI=1S/C13H17BrN2O2/c1-3-16(11-4-5-11)12(17)8-15-7-10(14)6-9(2)13(15)18/h6-7,11H,3-5,8H2,1-2H3. The van der Waals surface area contributed by atoms with E-state index >= 15 is 0 Å². The van der Waals surface area contributed by atoms with Crippen molar-refractivity contribution in [3.8, 4) is 0 Å². The molecule has 1 fully saturated rings. The Bertz CT molecular complexity index is 520. The van der Waals surface area contributed by atoms with Crippen molar-refractivity contribution in [2.75, 3.05) is 6.54 Å². The second kappa shape index (κ2) is 5.26. The Morgan fingerprint density at radius 1 is 1.56 bits per heavy atom. The van der Waals surface area contributed by atoms with Gasteiger partial charge in [-0.15, -0.1) is 0 Å². The lowest BCUT2D eigenvalue weighted by Crippen LogP contribution is -2.38. The minimum Gasteiger partial charge on any atom is -0.338 e. The summed E-state index contributed by atoms with van der Waals surface area (Å²) >= 11 is 3.35. The summed E-state index contributed by atoms with van der Waals surface area (Å²) in [7, 11) is 0. The molecule has 5 heteroatoms. The van der Waals surface area contributed by atoms with E-state index in [1.807, 2.05) is 11.8 Å². The second-order valence-electron chi connectivity index (χ2n) is 4.69. The van der Waals surface area contributed by atoms with E-state index in [1.54, 1.807) is 19.2 Å². The minimum absolute atomic E-state index is 0.0274. The minimum atomic E-state index is -0.0987. The molecule has 0 unspecified atom stereocenters. The van der Waals surface area contributed by atoms with Gasteiger partial charge in [-0.3, -0.25) is 9.59 Å². The topological polar surface area (TPSA) is 42.3 Å². The summed E-state index contributed by atoms with van der Waals surface area (Å²) in [5, 5.41) is 0. The Morgan fingerprint density at radius 3 is 2.78 bits per heavy atom. The smallest absolute Gasteiger partial charge is 0.253 e. The van der Waals surface area contributed by atoms with Crippen molar-refractivity contribution >= 4 is 21.8 Å². The molecule has 1 aliphatic carbocycles. The van der Waals surface area contributed by atoms with Gasteiger partial charge in [0.05, 0.1) is 0 Å². The fraction of sp³-hybridized carbons (Fsp3) is 0.538. The van der Waals surface area contributed by atoms with Crippen molar-refractivity contribution in [1.29, 1.82) is 0 Å². The third-order valence-corrected chi connectivity index (χ3v) is 3.62. The molecule has 0 bridgehead atoms. The molecule has 1 aliphatic rings. The average Bonchev–Trinajstić information content (AvgIpc) is 3.10. The van der Waals surface area contributed by atoms with E-state index < -0.39 is 0 Å². The molecule has 1 aromatic heterocycles. The van der Waals surface area contributed by atoms with Crippen molar-refractivity contribution in [3.63, 3.8) is 0 Å². The van der Waals surface area contributed by atoms with Crippen LogP contribution in [0.3, 0.4) is 0 Å². The molecule has 18 heavy (non-hydrogen) atoms. The van der Waals surface area contributed by atoms with Crippen LogP contribution in [-0.2, 0) is 11.3 Å². The number of hydrogen-bond acceptors (Lipinski definition) is 2. The fourth-order valence-corrected chi connectivity index (χ4v) is 2.71. The van der Waals surface area contributed by atoms with Gasteiger partial charge in [-0.1, -0.05) is 0 Å². The first-order valence-electron chi connectivity index (χ1n) is 6.19. The number of rotatable bonds is 4. The summed E-state index contributed by atoms with van der Waals surface area (Å²) in [6, 6.07) is 2.16. The Balaban J connectivity index is 2.18. The maximum atomic E-state index is 12.2. The highest BCUT2D eigenvalue weighted by molar-refractivity contribution is 9.10. The summed E-state index contributed by atoms with van der Waals surface area (Å²) in [5.41, 5.74) is 0.546. The van der Waals surface area contributed by atoms with Gasteiger partial charge < -0.3 is 9.47 Å². The normalized spacial score (nSPS) is 14.6. The van der Waals surface area contributed by atoms with Crippen molar-refractivity contribution < 1.29 is 4.79 Å². The quantitative estimate of drug-likeness (QED) is 0.852. The predicted molar refractivity (Wildman–Crippen MR) is 73.5 cm³/mol. The van der Waals surface area contributed by atoms with E-state index in [4.69, 9.17) is 0 Å². The number of aryl methyl sites for hydroxylation is 1. The van der Waals surface area contributed by atoms with E-state index in [9.17, 15) is 9.59 Å². The lowest BCUT2D eigenvalue weighted by atomic mass is 10.3. The zero-order chi connectivity index (χ0) is 13.3. The number of likely N-dealkylation sites (N-methyl/N-ethyl adjacent to an activating group) is 1. The molecule has 98 valence electrons. The first kappa shape index (κ1) is 13.3. The Morgan fingerprint density at radius 2 is 2.22 bits per heavy atom. The average molecular weight is 313 g/mol. The highest BCUT2D eigenvalue weighted by Crippen LogP contribution is 2.26. The third-order valence-electron chi connectivity index (χ3n) is 3.19. The molecule has 1 heterocycles. The van der Waals surface area contributed by atoms with E-state index in [2.05, 4.69) is 15.9 Å². The highest BCUT2D eigenvalue weighted by atomic mass is 79.9. The maximum Gasteiger partial charge on any atom is 0.253 e. The predicted octanol–water partition coefficient (Wildman–Crippen LogP) is 1.93. The summed E-state index contributed by atoms with van der Waals surface area (Å²) in [4.78, 5) is 25.9. The van der Waals surface area contributed by atoms with Gasteiger partial charge in [0.15, 0.2) is 0 Å².